The Morgan fingerprint density at radius 2 is 2.17 bits per heavy atom. The summed E-state index contributed by atoms with van der Waals surface area (Å²) >= 11 is 0.830. The van der Waals surface area contributed by atoms with Crippen LogP contribution in [0.5, 0.6) is 0 Å². The molecule has 0 radical (unpaired) electrons. The van der Waals surface area contributed by atoms with Crippen molar-refractivity contribution in [1.29, 1.82) is 0 Å². The molecule has 8 heteroatoms. The Bertz CT molecular complexity index is 533. The summed E-state index contributed by atoms with van der Waals surface area (Å²) in [5, 5.41) is 10.1. The Kier molecular flexibility index (Phi) is 3.28. The summed E-state index contributed by atoms with van der Waals surface area (Å²) in [4.78, 5) is 33.3. The molecule has 0 saturated carbocycles. The van der Waals surface area contributed by atoms with Gasteiger partial charge in [-0.2, -0.15) is 4.39 Å². The first kappa shape index (κ1) is 12.5. The van der Waals surface area contributed by atoms with E-state index in [-0.39, 0.29) is 17.9 Å². The van der Waals surface area contributed by atoms with Gasteiger partial charge in [-0.1, -0.05) is 23.9 Å². The highest BCUT2D eigenvalue weighted by Crippen LogP contribution is 2.25. The zero-order valence-corrected chi connectivity index (χ0v) is 9.78. The number of nitro groups is 1. The lowest BCUT2D eigenvalue weighted by atomic mass is 10.1. The smallest absolute Gasteiger partial charge is 0.273 e. The van der Waals surface area contributed by atoms with Gasteiger partial charge in [-0.25, -0.2) is 0 Å². The summed E-state index contributed by atoms with van der Waals surface area (Å²) in [5.74, 6) is -1.41. The van der Waals surface area contributed by atoms with E-state index in [1.807, 2.05) is 0 Å². The van der Waals surface area contributed by atoms with Gasteiger partial charge in [0.2, 0.25) is 11.7 Å². The lowest BCUT2D eigenvalue weighted by Crippen LogP contribution is -2.28. The molecule has 0 aromatic heterocycles. The molecule has 2 amide bonds. The lowest BCUT2D eigenvalue weighted by molar-refractivity contribution is -0.387. The van der Waals surface area contributed by atoms with Crippen LogP contribution in [0.4, 0.5) is 14.9 Å². The molecule has 1 heterocycles. The third-order valence-corrected chi connectivity index (χ3v) is 3.28. The summed E-state index contributed by atoms with van der Waals surface area (Å²) in [5.41, 5.74) is -0.715. The monoisotopic (exact) mass is 270 g/mol. The SMILES string of the molecule is O=C1CSC(=O)N1Cc1cccc([N+](=O)[O-])c1F. The molecule has 2 rings (SSSR count). The van der Waals surface area contributed by atoms with E-state index >= 15 is 0 Å². The third-order valence-electron chi connectivity index (χ3n) is 2.42. The second-order valence-corrected chi connectivity index (χ2v) is 4.47. The van der Waals surface area contributed by atoms with Crippen molar-refractivity contribution in [2.24, 2.45) is 0 Å². The fraction of sp³-hybridized carbons (Fsp3) is 0.200. The number of hydrogen-bond donors (Lipinski definition) is 0. The van der Waals surface area contributed by atoms with Crippen LogP contribution in [0.25, 0.3) is 0 Å². The highest BCUT2D eigenvalue weighted by Gasteiger charge is 2.31. The zero-order chi connectivity index (χ0) is 13.3. The predicted octanol–water partition coefficient (Wildman–Crippen LogP) is 1.93. The summed E-state index contributed by atoms with van der Waals surface area (Å²) in [6, 6.07) is 3.65. The minimum Gasteiger partial charge on any atom is -0.273 e. The Balaban J connectivity index is 2.30. The summed E-state index contributed by atoms with van der Waals surface area (Å²) in [6.07, 6.45) is 0. The van der Waals surface area contributed by atoms with Crippen molar-refractivity contribution in [1.82, 2.24) is 4.90 Å². The number of thioether (sulfide) groups is 1. The first-order valence-electron chi connectivity index (χ1n) is 4.89. The van der Waals surface area contributed by atoms with Crippen LogP contribution in [0.1, 0.15) is 5.56 Å². The van der Waals surface area contributed by atoms with Gasteiger partial charge in [-0.15, -0.1) is 0 Å². The summed E-state index contributed by atoms with van der Waals surface area (Å²) in [6.45, 7) is -0.280. The van der Waals surface area contributed by atoms with Gasteiger partial charge in [0, 0.05) is 11.6 Å². The van der Waals surface area contributed by atoms with Crippen LogP contribution >= 0.6 is 11.8 Å². The Labute approximate surface area is 105 Å². The van der Waals surface area contributed by atoms with Gasteiger partial charge in [-0.05, 0) is 0 Å². The molecule has 0 spiro atoms. The molecule has 1 aromatic carbocycles. The van der Waals surface area contributed by atoms with E-state index in [4.69, 9.17) is 0 Å². The van der Waals surface area contributed by atoms with Crippen LogP contribution in [0.2, 0.25) is 0 Å². The molecule has 1 saturated heterocycles. The van der Waals surface area contributed by atoms with E-state index in [1.54, 1.807) is 0 Å². The van der Waals surface area contributed by atoms with Crippen LogP contribution in [-0.2, 0) is 11.3 Å². The highest BCUT2D eigenvalue weighted by molar-refractivity contribution is 8.14. The number of rotatable bonds is 3. The normalized spacial score (nSPS) is 15.3. The van der Waals surface area contributed by atoms with Gasteiger partial charge >= 0.3 is 5.69 Å². The van der Waals surface area contributed by atoms with Crippen LogP contribution < -0.4 is 0 Å². The van der Waals surface area contributed by atoms with Crippen LogP contribution in [0.15, 0.2) is 18.2 Å². The van der Waals surface area contributed by atoms with Crippen molar-refractivity contribution >= 4 is 28.6 Å². The summed E-state index contributed by atoms with van der Waals surface area (Å²) in [7, 11) is 0. The van der Waals surface area contributed by atoms with E-state index in [0.717, 1.165) is 22.7 Å². The van der Waals surface area contributed by atoms with Gasteiger partial charge < -0.3 is 0 Å². The van der Waals surface area contributed by atoms with Gasteiger partial charge in [0.25, 0.3) is 5.24 Å². The van der Waals surface area contributed by atoms with Crippen molar-refractivity contribution < 1.29 is 18.9 Å². The van der Waals surface area contributed by atoms with Crippen molar-refractivity contribution in [3.05, 3.63) is 39.7 Å². The molecule has 0 aliphatic carbocycles. The van der Waals surface area contributed by atoms with E-state index in [2.05, 4.69) is 0 Å². The molecule has 1 fully saturated rings. The number of carbonyl (C=O) groups is 2. The van der Waals surface area contributed by atoms with Crippen molar-refractivity contribution in [2.75, 3.05) is 5.75 Å². The van der Waals surface area contributed by atoms with Crippen molar-refractivity contribution in [3.8, 4) is 0 Å². The fourth-order valence-electron chi connectivity index (χ4n) is 1.53. The quantitative estimate of drug-likeness (QED) is 0.619. The molecule has 1 aliphatic rings. The minimum absolute atomic E-state index is 0.0232. The highest BCUT2D eigenvalue weighted by atomic mass is 32.2. The minimum atomic E-state index is -1.01. The van der Waals surface area contributed by atoms with E-state index in [9.17, 15) is 24.1 Å². The van der Waals surface area contributed by atoms with E-state index in [0.29, 0.717) is 0 Å². The zero-order valence-electron chi connectivity index (χ0n) is 8.96. The standard InChI is InChI=1S/C10H7FN2O4S/c11-9-6(2-1-3-7(9)13(16)17)4-12-8(14)5-18-10(12)15/h1-3H,4-5H2. The number of hydrogen-bond acceptors (Lipinski definition) is 5. The number of nitrogens with zero attached hydrogens (tertiary/aromatic N) is 2. The number of carbonyl (C=O) groups excluding carboxylic acids is 2. The second kappa shape index (κ2) is 4.73. The molecule has 0 bridgehead atoms. The van der Waals surface area contributed by atoms with E-state index in [1.165, 1.54) is 12.1 Å². The van der Waals surface area contributed by atoms with Crippen molar-refractivity contribution in [2.45, 2.75) is 6.54 Å². The lowest BCUT2D eigenvalue weighted by Gasteiger charge is -2.12. The topological polar surface area (TPSA) is 80.5 Å². The van der Waals surface area contributed by atoms with Crippen LogP contribution in [0, 0.1) is 15.9 Å². The molecule has 0 unspecified atom stereocenters. The molecular weight excluding hydrogens is 263 g/mol. The number of imide groups is 1. The molecule has 6 nitrogen and oxygen atoms in total. The molecule has 1 aromatic rings. The second-order valence-electron chi connectivity index (χ2n) is 3.54. The number of halogens is 1. The van der Waals surface area contributed by atoms with Gasteiger partial charge in [0.15, 0.2) is 0 Å². The average molecular weight is 270 g/mol. The maximum Gasteiger partial charge on any atom is 0.305 e. The summed E-state index contributed by atoms with van der Waals surface area (Å²) < 4.78 is 13.7. The number of nitro benzene ring substituents is 1. The Hall–Kier alpha value is -1.96. The van der Waals surface area contributed by atoms with Gasteiger partial charge in [0.1, 0.15) is 0 Å². The van der Waals surface area contributed by atoms with Crippen molar-refractivity contribution in [3.63, 3.8) is 0 Å². The fourth-order valence-corrected chi connectivity index (χ4v) is 2.26. The first-order valence-corrected chi connectivity index (χ1v) is 5.88. The maximum absolute atomic E-state index is 13.7. The Morgan fingerprint density at radius 3 is 2.72 bits per heavy atom. The largest absolute Gasteiger partial charge is 0.305 e. The van der Waals surface area contributed by atoms with Crippen LogP contribution in [-0.4, -0.2) is 26.7 Å². The molecule has 18 heavy (non-hydrogen) atoms. The number of benzene rings is 1. The molecule has 0 N–H and O–H groups in total. The van der Waals surface area contributed by atoms with Gasteiger partial charge in [-0.3, -0.25) is 24.6 Å². The molecular formula is C10H7FN2O4S. The predicted molar refractivity (Wildman–Crippen MR) is 61.5 cm³/mol. The molecule has 1 aliphatic heterocycles. The Morgan fingerprint density at radius 1 is 1.44 bits per heavy atom. The third kappa shape index (κ3) is 2.19. The van der Waals surface area contributed by atoms with E-state index < -0.39 is 27.6 Å². The average Bonchev–Trinajstić information content (AvgIpc) is 2.63. The maximum atomic E-state index is 13.7. The first-order chi connectivity index (χ1) is 8.50. The molecule has 94 valence electrons. The number of amides is 2. The van der Waals surface area contributed by atoms with Crippen LogP contribution in [0.3, 0.4) is 0 Å². The van der Waals surface area contributed by atoms with Gasteiger partial charge in [0.05, 0.1) is 17.2 Å². The molecule has 0 atom stereocenters.